The smallest absolute Gasteiger partial charge is 0.257 e. The summed E-state index contributed by atoms with van der Waals surface area (Å²) in [5.74, 6) is -0.795. The van der Waals surface area contributed by atoms with Crippen molar-refractivity contribution in [3.05, 3.63) is 47.5 Å². The van der Waals surface area contributed by atoms with Crippen molar-refractivity contribution in [1.29, 1.82) is 5.26 Å². The molecule has 0 aliphatic carbocycles. The Morgan fingerprint density at radius 2 is 1.92 bits per heavy atom. The molecule has 7 nitrogen and oxygen atoms in total. The van der Waals surface area contributed by atoms with Gasteiger partial charge in [0.05, 0.1) is 6.54 Å². The van der Waals surface area contributed by atoms with Crippen LogP contribution in [0, 0.1) is 11.3 Å². The van der Waals surface area contributed by atoms with Gasteiger partial charge < -0.3 is 0 Å². The van der Waals surface area contributed by atoms with Crippen LogP contribution in [0.15, 0.2) is 30.6 Å². The number of nitriles is 1. The van der Waals surface area contributed by atoms with Crippen molar-refractivity contribution < 1.29 is 9.59 Å². The van der Waals surface area contributed by atoms with E-state index >= 15 is 0 Å². The molecule has 0 bridgehead atoms. The van der Waals surface area contributed by atoms with Crippen LogP contribution in [0.5, 0.6) is 0 Å². The van der Waals surface area contributed by atoms with E-state index in [-0.39, 0.29) is 24.2 Å². The fraction of sp³-hybridized carbons (Fsp3) is 0.353. The molecule has 1 aromatic carbocycles. The zero-order chi connectivity index (χ0) is 17.7. The van der Waals surface area contributed by atoms with Gasteiger partial charge in [-0.05, 0) is 23.1 Å². The Labute approximate surface area is 140 Å². The summed E-state index contributed by atoms with van der Waals surface area (Å²) in [5, 5.41) is 14.8. The second kappa shape index (κ2) is 7.04. The van der Waals surface area contributed by atoms with Crippen LogP contribution >= 0.6 is 0 Å². The zero-order valence-corrected chi connectivity index (χ0v) is 13.9. The summed E-state index contributed by atoms with van der Waals surface area (Å²) >= 11 is 0. The molecule has 0 saturated heterocycles. The first-order valence-corrected chi connectivity index (χ1v) is 7.54. The van der Waals surface area contributed by atoms with Gasteiger partial charge in [0, 0.05) is 12.0 Å². The van der Waals surface area contributed by atoms with E-state index in [4.69, 9.17) is 5.26 Å². The second-order valence-corrected chi connectivity index (χ2v) is 6.40. The van der Waals surface area contributed by atoms with Gasteiger partial charge in [-0.1, -0.05) is 32.9 Å². The Morgan fingerprint density at radius 3 is 2.46 bits per heavy atom. The summed E-state index contributed by atoms with van der Waals surface area (Å²) in [5.41, 5.74) is 1.55. The van der Waals surface area contributed by atoms with E-state index in [0.717, 1.165) is 5.56 Å². The number of imide groups is 1. The third-order valence-corrected chi connectivity index (χ3v) is 3.47. The highest BCUT2D eigenvalue weighted by molar-refractivity contribution is 6.04. The molecule has 124 valence electrons. The monoisotopic (exact) mass is 325 g/mol. The maximum atomic E-state index is 12.1. The maximum Gasteiger partial charge on any atom is 0.257 e. The number of hydrogen-bond acceptors (Lipinski definition) is 5. The molecule has 0 radical (unpaired) electrons. The van der Waals surface area contributed by atoms with Gasteiger partial charge in [-0.2, -0.15) is 5.26 Å². The number of nitrogens with zero attached hydrogens (tertiary/aromatic N) is 4. The molecule has 0 unspecified atom stereocenters. The quantitative estimate of drug-likeness (QED) is 0.923. The van der Waals surface area contributed by atoms with Crippen molar-refractivity contribution in [3.8, 4) is 6.07 Å². The summed E-state index contributed by atoms with van der Waals surface area (Å²) < 4.78 is 1.39. The molecule has 7 heteroatoms. The number of nitrogens with one attached hydrogen (secondary N) is 1. The first kappa shape index (κ1) is 17.3. The fourth-order valence-electron chi connectivity index (χ4n) is 2.05. The average molecular weight is 325 g/mol. The van der Waals surface area contributed by atoms with Gasteiger partial charge in [-0.25, -0.2) is 4.98 Å². The highest BCUT2D eigenvalue weighted by Crippen LogP contribution is 2.22. The number of amides is 2. The molecule has 0 atom stereocenters. The van der Waals surface area contributed by atoms with E-state index in [2.05, 4.69) is 36.2 Å². The van der Waals surface area contributed by atoms with Gasteiger partial charge in [-0.15, -0.1) is 5.10 Å². The summed E-state index contributed by atoms with van der Waals surface area (Å²) in [6, 6.07) is 9.00. The first-order valence-electron chi connectivity index (χ1n) is 7.54. The van der Waals surface area contributed by atoms with Crippen molar-refractivity contribution >= 4 is 11.8 Å². The predicted octanol–water partition coefficient (Wildman–Crippen LogP) is 1.79. The molecule has 1 aromatic heterocycles. The second-order valence-electron chi connectivity index (χ2n) is 6.40. The molecule has 0 saturated carbocycles. The highest BCUT2D eigenvalue weighted by Gasteiger charge is 2.15. The molecule has 24 heavy (non-hydrogen) atoms. The van der Waals surface area contributed by atoms with Gasteiger partial charge in [0.1, 0.15) is 12.4 Å². The zero-order valence-electron chi connectivity index (χ0n) is 13.9. The van der Waals surface area contributed by atoms with Crippen LogP contribution in [0.1, 0.15) is 48.9 Å². The number of benzene rings is 1. The van der Waals surface area contributed by atoms with Gasteiger partial charge in [0.2, 0.25) is 5.91 Å². The Bertz CT molecular complexity index is 779. The number of hydrogen-bond donors (Lipinski definition) is 1. The molecule has 0 aliphatic heterocycles. The molecule has 2 amide bonds. The Balaban J connectivity index is 1.89. The van der Waals surface area contributed by atoms with Crippen LogP contribution in [0.25, 0.3) is 0 Å². The third kappa shape index (κ3) is 4.49. The van der Waals surface area contributed by atoms with E-state index in [1.807, 2.05) is 12.1 Å². The third-order valence-electron chi connectivity index (χ3n) is 3.47. The lowest BCUT2D eigenvalue weighted by Gasteiger charge is -2.19. The number of aryl methyl sites for hydroxylation is 1. The summed E-state index contributed by atoms with van der Waals surface area (Å²) in [4.78, 5) is 27.7. The Morgan fingerprint density at radius 1 is 1.25 bits per heavy atom. The normalized spacial score (nSPS) is 10.9. The molecule has 1 heterocycles. The van der Waals surface area contributed by atoms with Crippen LogP contribution in [0.2, 0.25) is 0 Å². The lowest BCUT2D eigenvalue weighted by molar-refractivity contribution is -0.120. The molecule has 2 rings (SSSR count). The average Bonchev–Trinajstić information content (AvgIpc) is 3.00. The minimum Gasteiger partial charge on any atom is -0.292 e. The molecule has 0 spiro atoms. The van der Waals surface area contributed by atoms with Gasteiger partial charge in [0.25, 0.3) is 11.7 Å². The lowest BCUT2D eigenvalue weighted by Crippen LogP contribution is -2.31. The number of carbonyl (C=O) groups is 2. The van der Waals surface area contributed by atoms with E-state index in [9.17, 15) is 9.59 Å². The first-order chi connectivity index (χ1) is 11.3. The number of rotatable bonds is 4. The molecular weight excluding hydrogens is 306 g/mol. The molecule has 2 aromatic rings. The minimum atomic E-state index is -0.434. The molecular formula is C17H19N5O2. The van der Waals surface area contributed by atoms with Crippen molar-refractivity contribution in [1.82, 2.24) is 20.1 Å². The van der Waals surface area contributed by atoms with Crippen molar-refractivity contribution in [2.45, 2.75) is 39.2 Å². The molecule has 1 N–H and O–H groups in total. The minimum absolute atomic E-state index is 0.00487. The van der Waals surface area contributed by atoms with E-state index in [0.29, 0.717) is 5.56 Å². The maximum absolute atomic E-state index is 12.1. The highest BCUT2D eigenvalue weighted by atomic mass is 16.2. The van der Waals surface area contributed by atoms with Crippen molar-refractivity contribution in [3.63, 3.8) is 0 Å². The molecule has 0 fully saturated rings. The van der Waals surface area contributed by atoms with Crippen LogP contribution < -0.4 is 5.32 Å². The lowest BCUT2D eigenvalue weighted by atomic mass is 9.87. The standard InChI is InChI=1S/C17H19N5O2/c1-17(2,3)13-6-4-12(5-7-13)16(24)20-15(23)8-9-22-11-19-14(10-18)21-22/h4-7,11H,8-9H2,1-3H3,(H,20,23,24). The molecule has 0 aliphatic rings. The van der Waals surface area contributed by atoms with E-state index in [1.54, 1.807) is 18.2 Å². The fourth-order valence-corrected chi connectivity index (χ4v) is 2.05. The van der Waals surface area contributed by atoms with Gasteiger partial charge in [0.15, 0.2) is 0 Å². The van der Waals surface area contributed by atoms with Crippen LogP contribution in [-0.4, -0.2) is 26.6 Å². The predicted molar refractivity (Wildman–Crippen MR) is 87.0 cm³/mol. The SMILES string of the molecule is CC(C)(C)c1ccc(C(=O)NC(=O)CCn2cnc(C#N)n2)cc1. The van der Waals surface area contributed by atoms with Crippen molar-refractivity contribution in [2.75, 3.05) is 0 Å². The Kier molecular flexibility index (Phi) is 5.09. The topological polar surface area (TPSA) is 101 Å². The van der Waals surface area contributed by atoms with Gasteiger partial charge in [-0.3, -0.25) is 19.6 Å². The Hall–Kier alpha value is -3.01. The summed E-state index contributed by atoms with van der Waals surface area (Å²) in [6.07, 6.45) is 1.44. The van der Waals surface area contributed by atoms with Crippen LogP contribution in [0.3, 0.4) is 0 Å². The van der Waals surface area contributed by atoms with Crippen LogP contribution in [-0.2, 0) is 16.8 Å². The number of aromatic nitrogens is 3. The largest absolute Gasteiger partial charge is 0.292 e. The van der Waals surface area contributed by atoms with Crippen molar-refractivity contribution in [2.24, 2.45) is 0 Å². The summed E-state index contributed by atoms with van der Waals surface area (Å²) in [7, 11) is 0. The van der Waals surface area contributed by atoms with Gasteiger partial charge >= 0.3 is 0 Å². The van der Waals surface area contributed by atoms with Crippen LogP contribution in [0.4, 0.5) is 0 Å². The summed E-state index contributed by atoms with van der Waals surface area (Å²) in [6.45, 7) is 6.52. The van der Waals surface area contributed by atoms with E-state index in [1.165, 1.54) is 11.0 Å². The van der Waals surface area contributed by atoms with E-state index < -0.39 is 11.8 Å². The number of carbonyl (C=O) groups excluding carboxylic acids is 2.